The Morgan fingerprint density at radius 3 is 2.08 bits per heavy atom. The van der Waals surface area contributed by atoms with Gasteiger partial charge in [-0.2, -0.15) is 26.3 Å². The number of nitrogens with zero attached hydrogens (tertiary/aromatic N) is 1. The van der Waals surface area contributed by atoms with E-state index in [1.807, 2.05) is 7.05 Å². The molecular formula is C16H21F6NO3. The van der Waals surface area contributed by atoms with Gasteiger partial charge in [-0.15, -0.1) is 0 Å². The molecule has 0 saturated heterocycles. The molecule has 0 fully saturated rings. The molecular weight excluding hydrogens is 368 g/mol. The average molecular weight is 389 g/mol. The Balaban J connectivity index is 0.000000758. The second-order valence-corrected chi connectivity index (χ2v) is 5.57. The van der Waals surface area contributed by atoms with E-state index in [0.717, 1.165) is 12.6 Å². The van der Waals surface area contributed by atoms with E-state index in [1.165, 1.54) is 12.1 Å². The summed E-state index contributed by atoms with van der Waals surface area (Å²) in [6, 6.07) is 5.72. The maximum atomic E-state index is 12.7. The zero-order valence-corrected chi connectivity index (χ0v) is 14.5. The Bertz CT molecular complexity index is 558. The van der Waals surface area contributed by atoms with E-state index in [1.54, 1.807) is 6.07 Å². The van der Waals surface area contributed by atoms with Crippen molar-refractivity contribution < 1.29 is 41.0 Å². The zero-order chi connectivity index (χ0) is 20.5. The topological polar surface area (TPSA) is 49.8 Å². The number of rotatable bonds is 6. The molecule has 0 aromatic heterocycles. The fourth-order valence-corrected chi connectivity index (χ4v) is 1.58. The van der Waals surface area contributed by atoms with E-state index < -0.39 is 23.9 Å². The molecule has 0 radical (unpaired) electrons. The minimum atomic E-state index is -5.08. The number of carbonyl (C=O) groups is 1. The molecule has 0 saturated carbocycles. The summed E-state index contributed by atoms with van der Waals surface area (Å²) in [6.45, 7) is 5.22. The molecule has 0 atom stereocenters. The Morgan fingerprint density at radius 1 is 1.15 bits per heavy atom. The van der Waals surface area contributed by atoms with Crippen LogP contribution in [-0.2, 0) is 11.0 Å². The van der Waals surface area contributed by atoms with Crippen molar-refractivity contribution in [1.29, 1.82) is 0 Å². The van der Waals surface area contributed by atoms with Crippen molar-refractivity contribution in [3.63, 3.8) is 0 Å². The van der Waals surface area contributed by atoms with Gasteiger partial charge >= 0.3 is 18.3 Å². The summed E-state index contributed by atoms with van der Waals surface area (Å²) in [6.07, 6.45) is -8.76. The zero-order valence-electron chi connectivity index (χ0n) is 14.5. The summed E-state index contributed by atoms with van der Waals surface area (Å²) in [7, 11) is 1.98. The molecule has 1 aromatic rings. The monoisotopic (exact) mass is 389 g/mol. The van der Waals surface area contributed by atoms with Gasteiger partial charge in [0.25, 0.3) is 0 Å². The SMILES string of the molecule is CC(C)N(C)CCCOc1ccccc1C(F)(F)F.O=C(O)C(F)(F)F. The van der Waals surface area contributed by atoms with Crippen molar-refractivity contribution >= 4 is 5.97 Å². The van der Waals surface area contributed by atoms with E-state index in [-0.39, 0.29) is 12.4 Å². The largest absolute Gasteiger partial charge is 0.493 e. The Morgan fingerprint density at radius 2 is 1.65 bits per heavy atom. The van der Waals surface area contributed by atoms with Gasteiger partial charge < -0.3 is 14.7 Å². The van der Waals surface area contributed by atoms with Gasteiger partial charge in [0.05, 0.1) is 12.2 Å². The lowest BCUT2D eigenvalue weighted by Crippen LogP contribution is -2.28. The first-order valence-electron chi connectivity index (χ1n) is 7.56. The molecule has 4 nitrogen and oxygen atoms in total. The molecule has 0 spiro atoms. The second-order valence-electron chi connectivity index (χ2n) is 5.57. The number of aliphatic carboxylic acids is 1. The molecule has 0 aliphatic carbocycles. The van der Waals surface area contributed by atoms with Gasteiger partial charge in [0.15, 0.2) is 0 Å². The van der Waals surface area contributed by atoms with Crippen LogP contribution in [-0.4, -0.2) is 48.4 Å². The van der Waals surface area contributed by atoms with E-state index in [0.29, 0.717) is 12.5 Å². The molecule has 1 rings (SSSR count). The van der Waals surface area contributed by atoms with Gasteiger partial charge in [-0.3, -0.25) is 0 Å². The third-order valence-corrected chi connectivity index (χ3v) is 3.23. The maximum Gasteiger partial charge on any atom is 0.490 e. The van der Waals surface area contributed by atoms with E-state index in [2.05, 4.69) is 18.7 Å². The number of ether oxygens (including phenoxy) is 1. The third-order valence-electron chi connectivity index (χ3n) is 3.23. The highest BCUT2D eigenvalue weighted by Gasteiger charge is 2.38. The number of alkyl halides is 6. The lowest BCUT2D eigenvalue weighted by atomic mass is 10.2. The summed E-state index contributed by atoms with van der Waals surface area (Å²) in [5, 5.41) is 7.12. The molecule has 1 aromatic carbocycles. The molecule has 10 heteroatoms. The predicted octanol–water partition coefficient (Wildman–Crippen LogP) is 4.45. The molecule has 0 aliphatic heterocycles. The maximum absolute atomic E-state index is 12.7. The van der Waals surface area contributed by atoms with Crippen molar-refractivity contribution in [2.24, 2.45) is 0 Å². The lowest BCUT2D eigenvalue weighted by Gasteiger charge is -2.21. The fraction of sp³-hybridized carbons (Fsp3) is 0.562. The normalized spacial score (nSPS) is 12.0. The first-order chi connectivity index (χ1) is 11.8. The number of hydrogen-bond acceptors (Lipinski definition) is 3. The molecule has 0 amide bonds. The molecule has 0 unspecified atom stereocenters. The number of carboxylic acid groups (broad SMARTS) is 1. The van der Waals surface area contributed by atoms with Gasteiger partial charge in [-0.1, -0.05) is 12.1 Å². The van der Waals surface area contributed by atoms with Gasteiger partial charge in [-0.05, 0) is 39.4 Å². The predicted molar refractivity (Wildman–Crippen MR) is 83.0 cm³/mol. The quantitative estimate of drug-likeness (QED) is 0.577. The highest BCUT2D eigenvalue weighted by Crippen LogP contribution is 2.35. The summed E-state index contributed by atoms with van der Waals surface area (Å²) in [4.78, 5) is 11.0. The summed E-state index contributed by atoms with van der Waals surface area (Å²) >= 11 is 0. The third kappa shape index (κ3) is 9.50. The van der Waals surface area contributed by atoms with Crippen LogP contribution in [0.15, 0.2) is 24.3 Å². The van der Waals surface area contributed by atoms with Crippen LogP contribution in [0, 0.1) is 0 Å². The highest BCUT2D eigenvalue weighted by molar-refractivity contribution is 5.73. The van der Waals surface area contributed by atoms with E-state index >= 15 is 0 Å². The number of halogens is 6. The van der Waals surface area contributed by atoms with Crippen LogP contribution in [0.25, 0.3) is 0 Å². The van der Waals surface area contributed by atoms with Crippen LogP contribution in [0.2, 0.25) is 0 Å². The average Bonchev–Trinajstić information content (AvgIpc) is 2.50. The Kier molecular flexibility index (Phi) is 9.47. The molecule has 0 heterocycles. The Labute approximate surface area is 147 Å². The summed E-state index contributed by atoms with van der Waals surface area (Å²) in [5.74, 6) is -2.85. The number of carboxylic acids is 1. The first kappa shape index (κ1) is 24.0. The van der Waals surface area contributed by atoms with Crippen LogP contribution in [0.5, 0.6) is 5.75 Å². The number of para-hydroxylation sites is 1. The van der Waals surface area contributed by atoms with Crippen LogP contribution in [0.4, 0.5) is 26.3 Å². The van der Waals surface area contributed by atoms with Gasteiger partial charge in [0.1, 0.15) is 5.75 Å². The summed E-state index contributed by atoms with van der Waals surface area (Å²) < 4.78 is 75.1. The summed E-state index contributed by atoms with van der Waals surface area (Å²) in [5.41, 5.74) is -0.716. The Hall–Kier alpha value is -1.97. The standard InChI is InChI=1S/C14H20F3NO.C2HF3O2/c1-11(2)18(3)9-6-10-19-13-8-5-4-7-12(13)14(15,16)17;3-2(4,5)1(6)7/h4-5,7-8,11H,6,9-10H2,1-3H3;(H,6,7). The molecule has 26 heavy (non-hydrogen) atoms. The van der Waals surface area contributed by atoms with Crippen molar-refractivity contribution in [3.8, 4) is 5.75 Å². The minimum Gasteiger partial charge on any atom is -0.493 e. The van der Waals surface area contributed by atoms with Crippen molar-refractivity contribution in [1.82, 2.24) is 4.90 Å². The van der Waals surface area contributed by atoms with Crippen LogP contribution < -0.4 is 4.74 Å². The molecule has 150 valence electrons. The molecule has 0 aliphatic rings. The van der Waals surface area contributed by atoms with Crippen molar-refractivity contribution in [2.75, 3.05) is 20.2 Å². The van der Waals surface area contributed by atoms with Crippen LogP contribution in [0.1, 0.15) is 25.8 Å². The van der Waals surface area contributed by atoms with Crippen molar-refractivity contribution in [3.05, 3.63) is 29.8 Å². The van der Waals surface area contributed by atoms with E-state index in [4.69, 9.17) is 14.6 Å². The molecule has 1 N–H and O–H groups in total. The molecule has 0 bridgehead atoms. The smallest absolute Gasteiger partial charge is 0.490 e. The number of benzene rings is 1. The highest BCUT2D eigenvalue weighted by atomic mass is 19.4. The van der Waals surface area contributed by atoms with Crippen molar-refractivity contribution in [2.45, 2.75) is 38.7 Å². The lowest BCUT2D eigenvalue weighted by molar-refractivity contribution is -0.192. The van der Waals surface area contributed by atoms with Crippen LogP contribution >= 0.6 is 0 Å². The van der Waals surface area contributed by atoms with Gasteiger partial charge in [0, 0.05) is 12.6 Å². The fourth-order valence-electron chi connectivity index (χ4n) is 1.58. The number of hydrogen-bond donors (Lipinski definition) is 1. The van der Waals surface area contributed by atoms with Gasteiger partial charge in [-0.25, -0.2) is 4.79 Å². The minimum absolute atomic E-state index is 0.0952. The van der Waals surface area contributed by atoms with E-state index in [9.17, 15) is 26.3 Å². The van der Waals surface area contributed by atoms with Crippen LogP contribution in [0.3, 0.4) is 0 Å². The van der Waals surface area contributed by atoms with Gasteiger partial charge in [0.2, 0.25) is 0 Å². The second kappa shape index (κ2) is 10.2. The first-order valence-corrected chi connectivity index (χ1v) is 7.56.